The molecule has 1 atom stereocenters. The Hall–Kier alpha value is -4.14. The Bertz CT molecular complexity index is 1710. The van der Waals surface area contributed by atoms with Crippen molar-refractivity contribution in [2.75, 3.05) is 17.4 Å². The summed E-state index contributed by atoms with van der Waals surface area (Å²) in [6.07, 6.45) is 0.242. The average Bonchev–Trinajstić information content (AvgIpc) is 3.02. The van der Waals surface area contributed by atoms with Crippen LogP contribution in [0.15, 0.2) is 108 Å². The highest BCUT2D eigenvalue weighted by atomic mass is 35.5. The predicted molar refractivity (Wildman–Crippen MR) is 181 cm³/mol. The van der Waals surface area contributed by atoms with Gasteiger partial charge in [0.25, 0.3) is 10.0 Å². The van der Waals surface area contributed by atoms with Gasteiger partial charge < -0.3 is 10.2 Å². The number of benzene rings is 4. The summed E-state index contributed by atoms with van der Waals surface area (Å²) in [6.45, 7) is 7.81. The van der Waals surface area contributed by atoms with Crippen molar-refractivity contribution in [2.45, 2.75) is 51.6 Å². The highest BCUT2D eigenvalue weighted by Crippen LogP contribution is 2.27. The van der Waals surface area contributed by atoms with Gasteiger partial charge in [-0.2, -0.15) is 0 Å². The number of sulfonamides is 1. The molecule has 7 nitrogen and oxygen atoms in total. The third-order valence-electron chi connectivity index (χ3n) is 7.59. The smallest absolute Gasteiger partial charge is 0.264 e. The summed E-state index contributed by atoms with van der Waals surface area (Å²) in [4.78, 5) is 29.9. The predicted octanol–water partition coefficient (Wildman–Crippen LogP) is 6.56. The van der Waals surface area contributed by atoms with Gasteiger partial charge in [0.1, 0.15) is 12.6 Å². The van der Waals surface area contributed by atoms with Crippen LogP contribution in [-0.2, 0) is 32.6 Å². The fourth-order valence-electron chi connectivity index (χ4n) is 4.94. The summed E-state index contributed by atoms with van der Waals surface area (Å²) in [5, 5.41) is 3.49. The van der Waals surface area contributed by atoms with Crippen LogP contribution in [0, 0.1) is 19.8 Å². The molecule has 236 valence electrons. The molecule has 4 rings (SSSR count). The second-order valence-corrected chi connectivity index (χ2v) is 13.9. The molecule has 2 amide bonds. The van der Waals surface area contributed by atoms with Crippen molar-refractivity contribution < 1.29 is 18.0 Å². The highest BCUT2D eigenvalue weighted by molar-refractivity contribution is 7.92. The number of anilines is 1. The quantitative estimate of drug-likeness (QED) is 0.178. The summed E-state index contributed by atoms with van der Waals surface area (Å²) >= 11 is 6.31. The minimum Gasteiger partial charge on any atom is -0.354 e. The van der Waals surface area contributed by atoms with Gasteiger partial charge in [-0.15, -0.1) is 0 Å². The highest BCUT2D eigenvalue weighted by Gasteiger charge is 2.34. The van der Waals surface area contributed by atoms with E-state index in [1.165, 1.54) is 17.0 Å². The van der Waals surface area contributed by atoms with Crippen molar-refractivity contribution >= 4 is 39.1 Å². The van der Waals surface area contributed by atoms with Crippen LogP contribution in [0.3, 0.4) is 0 Å². The molecule has 0 spiro atoms. The molecule has 4 aromatic rings. The summed E-state index contributed by atoms with van der Waals surface area (Å²) in [6, 6.07) is 29.0. The Labute approximate surface area is 271 Å². The molecular weight excluding hydrogens is 606 g/mol. The van der Waals surface area contributed by atoms with Gasteiger partial charge in [0.15, 0.2) is 0 Å². The second-order valence-electron chi connectivity index (χ2n) is 11.6. The summed E-state index contributed by atoms with van der Waals surface area (Å²) in [5.74, 6) is -0.639. The Morgan fingerprint density at radius 1 is 0.800 bits per heavy atom. The molecule has 0 bridgehead atoms. The van der Waals surface area contributed by atoms with Gasteiger partial charge in [0.2, 0.25) is 11.8 Å². The minimum absolute atomic E-state index is 0.0537. The van der Waals surface area contributed by atoms with E-state index in [4.69, 9.17) is 11.6 Å². The fraction of sp³-hybridized carbons (Fsp3) is 0.278. The van der Waals surface area contributed by atoms with Crippen molar-refractivity contribution in [3.05, 3.63) is 130 Å². The molecule has 1 N–H and O–H groups in total. The van der Waals surface area contributed by atoms with E-state index in [0.717, 1.165) is 21.0 Å². The molecule has 45 heavy (non-hydrogen) atoms. The molecule has 0 aliphatic heterocycles. The molecule has 0 aromatic heterocycles. The number of rotatable bonds is 13. The van der Waals surface area contributed by atoms with Crippen LogP contribution < -0.4 is 9.62 Å². The molecule has 0 aliphatic carbocycles. The number of hydrogen-bond donors (Lipinski definition) is 1. The zero-order chi connectivity index (χ0) is 32.6. The lowest BCUT2D eigenvalue weighted by Crippen LogP contribution is -2.53. The molecule has 0 radical (unpaired) electrons. The molecule has 0 saturated heterocycles. The van der Waals surface area contributed by atoms with Crippen molar-refractivity contribution in [3.8, 4) is 0 Å². The summed E-state index contributed by atoms with van der Waals surface area (Å²) in [7, 11) is -4.15. The third kappa shape index (κ3) is 8.96. The maximum atomic E-state index is 14.5. The first-order valence-corrected chi connectivity index (χ1v) is 16.8. The zero-order valence-corrected chi connectivity index (χ0v) is 27.7. The first kappa shape index (κ1) is 33.7. The van der Waals surface area contributed by atoms with E-state index in [9.17, 15) is 18.0 Å². The first-order valence-electron chi connectivity index (χ1n) is 15.0. The monoisotopic (exact) mass is 645 g/mol. The van der Waals surface area contributed by atoms with Gasteiger partial charge in [-0.05, 0) is 78.4 Å². The number of nitrogens with one attached hydrogen (secondary N) is 1. The van der Waals surface area contributed by atoms with Crippen molar-refractivity contribution in [1.29, 1.82) is 0 Å². The van der Waals surface area contributed by atoms with E-state index in [-0.39, 0.29) is 29.7 Å². The Morgan fingerprint density at radius 3 is 2.07 bits per heavy atom. The maximum Gasteiger partial charge on any atom is 0.264 e. The molecule has 0 saturated carbocycles. The average molecular weight is 646 g/mol. The van der Waals surface area contributed by atoms with Crippen molar-refractivity contribution in [1.82, 2.24) is 10.2 Å². The van der Waals surface area contributed by atoms with Crippen LogP contribution in [0.2, 0.25) is 5.02 Å². The number of hydrogen-bond acceptors (Lipinski definition) is 4. The number of halogens is 1. The van der Waals surface area contributed by atoms with Crippen LogP contribution in [0.1, 0.15) is 36.1 Å². The van der Waals surface area contributed by atoms with Gasteiger partial charge in [-0.3, -0.25) is 13.9 Å². The Balaban J connectivity index is 1.81. The zero-order valence-electron chi connectivity index (χ0n) is 26.1. The van der Waals surface area contributed by atoms with E-state index >= 15 is 0 Å². The molecule has 4 aromatic carbocycles. The van der Waals surface area contributed by atoms with E-state index in [2.05, 4.69) is 5.32 Å². The molecular formula is C36H40ClN3O4S. The fourth-order valence-corrected chi connectivity index (χ4v) is 6.58. The van der Waals surface area contributed by atoms with Gasteiger partial charge in [0.05, 0.1) is 10.6 Å². The number of aryl methyl sites for hydroxylation is 2. The number of amides is 2. The number of nitrogens with zero attached hydrogens (tertiary/aromatic N) is 2. The van der Waals surface area contributed by atoms with Gasteiger partial charge >= 0.3 is 0 Å². The number of carbonyl (C=O) groups excluding carboxylic acids is 2. The van der Waals surface area contributed by atoms with E-state index in [1.807, 2.05) is 70.2 Å². The standard InChI is InChI=1S/C36H40ClN3O4S/c1-26(2)23-38-36(42)34(22-29-12-7-5-8-13-29)39(24-30-14-11-15-31(37)21-30)35(41)25-40(32-19-18-27(3)28(4)20-32)45(43,44)33-16-9-6-10-17-33/h5-21,26,34H,22-25H2,1-4H3,(H,38,42). The first-order chi connectivity index (χ1) is 21.5. The SMILES string of the molecule is Cc1ccc(N(CC(=O)N(Cc2cccc(Cl)c2)C(Cc2ccccc2)C(=O)NCC(C)C)S(=O)(=O)c2ccccc2)cc1C. The van der Waals surface area contributed by atoms with E-state index in [1.54, 1.807) is 48.5 Å². The lowest BCUT2D eigenvalue weighted by atomic mass is 10.0. The minimum atomic E-state index is -4.15. The molecule has 1 unspecified atom stereocenters. The van der Waals surface area contributed by atoms with Crippen molar-refractivity contribution in [2.24, 2.45) is 5.92 Å². The largest absolute Gasteiger partial charge is 0.354 e. The summed E-state index contributed by atoms with van der Waals surface area (Å²) in [5.41, 5.74) is 3.83. The van der Waals surface area contributed by atoms with E-state index in [0.29, 0.717) is 22.8 Å². The van der Waals surface area contributed by atoms with Crippen LogP contribution in [0.5, 0.6) is 0 Å². The molecule has 0 heterocycles. The normalized spacial score (nSPS) is 12.0. The second kappa shape index (κ2) is 15.2. The van der Waals surface area contributed by atoms with Crippen LogP contribution in [-0.4, -0.2) is 44.3 Å². The Kier molecular flexibility index (Phi) is 11.4. The van der Waals surface area contributed by atoms with Gasteiger partial charge in [0, 0.05) is 24.5 Å². The molecule has 0 aliphatic rings. The van der Waals surface area contributed by atoms with Gasteiger partial charge in [-0.25, -0.2) is 8.42 Å². The van der Waals surface area contributed by atoms with Crippen LogP contribution >= 0.6 is 11.6 Å². The van der Waals surface area contributed by atoms with Crippen LogP contribution in [0.4, 0.5) is 5.69 Å². The lowest BCUT2D eigenvalue weighted by Gasteiger charge is -2.34. The molecule has 0 fully saturated rings. The third-order valence-corrected chi connectivity index (χ3v) is 9.61. The Morgan fingerprint density at radius 2 is 1.44 bits per heavy atom. The topological polar surface area (TPSA) is 86.8 Å². The maximum absolute atomic E-state index is 14.5. The molecule has 9 heteroatoms. The summed E-state index contributed by atoms with van der Waals surface area (Å²) < 4.78 is 29.4. The van der Waals surface area contributed by atoms with Crippen molar-refractivity contribution in [3.63, 3.8) is 0 Å². The number of carbonyl (C=O) groups is 2. The van der Waals surface area contributed by atoms with Gasteiger partial charge in [-0.1, -0.05) is 92.2 Å². The van der Waals surface area contributed by atoms with Crippen LogP contribution in [0.25, 0.3) is 0 Å². The van der Waals surface area contributed by atoms with E-state index < -0.39 is 28.5 Å². The lowest BCUT2D eigenvalue weighted by molar-refractivity contribution is -0.140.